The van der Waals surface area contributed by atoms with Gasteiger partial charge in [-0.05, 0) is 39.0 Å². The van der Waals surface area contributed by atoms with Gasteiger partial charge in [0.15, 0.2) is 5.60 Å². The summed E-state index contributed by atoms with van der Waals surface area (Å²) in [6, 6.07) is 5.01. The molecule has 0 aliphatic carbocycles. The van der Waals surface area contributed by atoms with E-state index in [2.05, 4.69) is 10.0 Å². The van der Waals surface area contributed by atoms with Gasteiger partial charge in [0.1, 0.15) is 0 Å². The first-order valence-corrected chi connectivity index (χ1v) is 8.30. The van der Waals surface area contributed by atoms with Crippen molar-refractivity contribution in [2.45, 2.75) is 37.3 Å². The number of nitrogens with one attached hydrogen (secondary N) is 2. The molecule has 1 amide bonds. The standard InChI is InChI=1S/C14H20N2O6S/c1-9(2)16-23(21,22)11-6-4-5-10(7-11)12(17)15-8-14(3,20)13(18)19/h4-7,9,16,20H,8H2,1-3H3,(H,15,17)(H,18,19). The van der Waals surface area contributed by atoms with E-state index in [1.807, 2.05) is 0 Å². The number of carboxylic acids is 1. The molecule has 1 aromatic carbocycles. The summed E-state index contributed by atoms with van der Waals surface area (Å²) >= 11 is 0. The lowest BCUT2D eigenvalue weighted by Gasteiger charge is -2.18. The lowest BCUT2D eigenvalue weighted by molar-refractivity contribution is -0.155. The van der Waals surface area contributed by atoms with E-state index in [0.29, 0.717) is 0 Å². The van der Waals surface area contributed by atoms with Crippen LogP contribution in [-0.2, 0) is 14.8 Å². The number of sulfonamides is 1. The van der Waals surface area contributed by atoms with Crippen LogP contribution in [0.5, 0.6) is 0 Å². The van der Waals surface area contributed by atoms with Crippen LogP contribution in [0.3, 0.4) is 0 Å². The molecule has 128 valence electrons. The van der Waals surface area contributed by atoms with E-state index in [0.717, 1.165) is 6.92 Å². The number of rotatable bonds is 7. The van der Waals surface area contributed by atoms with Gasteiger partial charge in [0.05, 0.1) is 11.4 Å². The predicted octanol–water partition coefficient (Wildman–Crippen LogP) is -0.0613. The molecule has 0 radical (unpaired) electrons. The molecule has 9 heteroatoms. The van der Waals surface area contributed by atoms with Gasteiger partial charge in [-0.3, -0.25) is 4.79 Å². The van der Waals surface area contributed by atoms with Gasteiger partial charge in [0.2, 0.25) is 10.0 Å². The first-order valence-electron chi connectivity index (χ1n) is 6.82. The zero-order valence-corrected chi connectivity index (χ0v) is 13.8. The molecule has 0 saturated heterocycles. The van der Waals surface area contributed by atoms with Gasteiger partial charge in [0, 0.05) is 11.6 Å². The Hall–Kier alpha value is -1.97. The number of amides is 1. The van der Waals surface area contributed by atoms with Crippen LogP contribution in [0.1, 0.15) is 31.1 Å². The normalized spacial score (nSPS) is 14.3. The summed E-state index contributed by atoms with van der Waals surface area (Å²) in [5, 5.41) is 20.6. The molecule has 0 aliphatic heterocycles. The van der Waals surface area contributed by atoms with Crippen LogP contribution in [0.2, 0.25) is 0 Å². The zero-order chi connectivity index (χ0) is 17.8. The Kier molecular flexibility index (Phi) is 5.86. The molecule has 8 nitrogen and oxygen atoms in total. The molecular weight excluding hydrogens is 324 g/mol. The molecule has 0 aromatic heterocycles. The fourth-order valence-electron chi connectivity index (χ4n) is 1.61. The van der Waals surface area contributed by atoms with E-state index in [9.17, 15) is 23.1 Å². The van der Waals surface area contributed by atoms with E-state index in [4.69, 9.17) is 5.11 Å². The molecule has 4 N–H and O–H groups in total. The van der Waals surface area contributed by atoms with Crippen LogP contribution >= 0.6 is 0 Å². The third-order valence-electron chi connectivity index (χ3n) is 2.85. The van der Waals surface area contributed by atoms with Gasteiger partial charge < -0.3 is 15.5 Å². The Morgan fingerprint density at radius 1 is 1.30 bits per heavy atom. The fourth-order valence-corrected chi connectivity index (χ4v) is 2.91. The third kappa shape index (κ3) is 5.31. The van der Waals surface area contributed by atoms with Crippen LogP contribution in [0.25, 0.3) is 0 Å². The molecule has 0 fully saturated rings. The topological polar surface area (TPSA) is 133 Å². The molecule has 1 unspecified atom stereocenters. The molecule has 1 rings (SSSR count). The monoisotopic (exact) mass is 344 g/mol. The second kappa shape index (κ2) is 7.07. The summed E-state index contributed by atoms with van der Waals surface area (Å²) in [6.45, 7) is 3.87. The molecule has 0 saturated carbocycles. The summed E-state index contributed by atoms with van der Waals surface area (Å²) in [5.41, 5.74) is -2.07. The Labute approximate surface area is 134 Å². The molecule has 1 aromatic rings. The summed E-state index contributed by atoms with van der Waals surface area (Å²) in [5.74, 6) is -2.16. The molecule has 0 heterocycles. The molecule has 23 heavy (non-hydrogen) atoms. The van der Waals surface area contributed by atoms with Crippen LogP contribution in [-0.4, -0.2) is 48.7 Å². The maximum atomic E-state index is 12.1. The highest BCUT2D eigenvalue weighted by atomic mass is 32.2. The maximum Gasteiger partial charge on any atom is 0.337 e. The number of carbonyl (C=O) groups excluding carboxylic acids is 1. The van der Waals surface area contributed by atoms with Crippen LogP contribution in [0.15, 0.2) is 29.2 Å². The lowest BCUT2D eigenvalue weighted by Crippen LogP contribution is -2.46. The highest BCUT2D eigenvalue weighted by Gasteiger charge is 2.30. The Morgan fingerprint density at radius 2 is 1.91 bits per heavy atom. The maximum absolute atomic E-state index is 12.1. The number of carbonyl (C=O) groups is 2. The van der Waals surface area contributed by atoms with E-state index in [-0.39, 0.29) is 16.5 Å². The van der Waals surface area contributed by atoms with Gasteiger partial charge in [-0.25, -0.2) is 17.9 Å². The largest absolute Gasteiger partial charge is 0.479 e. The smallest absolute Gasteiger partial charge is 0.337 e. The Balaban J connectivity index is 2.93. The van der Waals surface area contributed by atoms with Crippen molar-refractivity contribution in [3.05, 3.63) is 29.8 Å². The summed E-state index contributed by atoms with van der Waals surface area (Å²) in [4.78, 5) is 22.7. The van der Waals surface area contributed by atoms with Gasteiger partial charge >= 0.3 is 5.97 Å². The molecule has 0 aliphatic rings. The van der Waals surface area contributed by atoms with Crippen molar-refractivity contribution in [1.29, 1.82) is 0 Å². The minimum atomic E-state index is -3.75. The van der Waals surface area contributed by atoms with Crippen LogP contribution in [0, 0.1) is 0 Å². The summed E-state index contributed by atoms with van der Waals surface area (Å²) in [6.07, 6.45) is 0. The second-order valence-corrected chi connectivity index (χ2v) is 7.28. The highest BCUT2D eigenvalue weighted by Crippen LogP contribution is 2.12. The summed E-state index contributed by atoms with van der Waals surface area (Å²) in [7, 11) is -3.75. The number of aliphatic hydroxyl groups is 1. The van der Waals surface area contributed by atoms with Crippen molar-refractivity contribution in [3.8, 4) is 0 Å². The van der Waals surface area contributed by atoms with E-state index < -0.39 is 34.0 Å². The summed E-state index contributed by atoms with van der Waals surface area (Å²) < 4.78 is 26.5. The quantitative estimate of drug-likeness (QED) is 0.548. The minimum Gasteiger partial charge on any atom is -0.479 e. The fraction of sp³-hybridized carbons (Fsp3) is 0.429. The molecule has 1 atom stereocenters. The predicted molar refractivity (Wildman–Crippen MR) is 82.5 cm³/mol. The van der Waals surface area contributed by atoms with Gasteiger partial charge in [-0.2, -0.15) is 0 Å². The minimum absolute atomic E-state index is 0.0396. The number of benzene rings is 1. The molecule has 0 bridgehead atoms. The number of hydrogen-bond acceptors (Lipinski definition) is 5. The van der Waals surface area contributed by atoms with Crippen molar-refractivity contribution < 1.29 is 28.2 Å². The van der Waals surface area contributed by atoms with Gasteiger partial charge in [-0.15, -0.1) is 0 Å². The van der Waals surface area contributed by atoms with Gasteiger partial charge in [-0.1, -0.05) is 6.07 Å². The lowest BCUT2D eigenvalue weighted by atomic mass is 10.1. The number of hydrogen-bond donors (Lipinski definition) is 4. The van der Waals surface area contributed by atoms with Crippen LogP contribution in [0.4, 0.5) is 0 Å². The van der Waals surface area contributed by atoms with Crippen LogP contribution < -0.4 is 10.0 Å². The number of carboxylic acid groups (broad SMARTS) is 1. The van der Waals surface area contributed by atoms with Crippen molar-refractivity contribution in [2.75, 3.05) is 6.54 Å². The third-order valence-corrected chi connectivity index (χ3v) is 4.51. The SMILES string of the molecule is CC(C)NS(=O)(=O)c1cccc(C(=O)NCC(C)(O)C(=O)O)c1. The average Bonchev–Trinajstić information content (AvgIpc) is 2.43. The van der Waals surface area contributed by atoms with Crippen molar-refractivity contribution >= 4 is 21.9 Å². The van der Waals surface area contributed by atoms with Crippen molar-refractivity contribution in [1.82, 2.24) is 10.0 Å². The van der Waals surface area contributed by atoms with Gasteiger partial charge in [0.25, 0.3) is 5.91 Å². The highest BCUT2D eigenvalue weighted by molar-refractivity contribution is 7.89. The van der Waals surface area contributed by atoms with E-state index in [1.54, 1.807) is 13.8 Å². The first-order chi connectivity index (χ1) is 10.5. The molecule has 0 spiro atoms. The second-order valence-electron chi connectivity index (χ2n) is 5.57. The first kappa shape index (κ1) is 19.1. The number of aliphatic carboxylic acids is 1. The van der Waals surface area contributed by atoms with Crippen molar-refractivity contribution in [3.63, 3.8) is 0 Å². The van der Waals surface area contributed by atoms with E-state index >= 15 is 0 Å². The average molecular weight is 344 g/mol. The zero-order valence-electron chi connectivity index (χ0n) is 13.0. The Morgan fingerprint density at radius 3 is 2.43 bits per heavy atom. The van der Waals surface area contributed by atoms with E-state index in [1.165, 1.54) is 24.3 Å². The Bertz CT molecular complexity index is 697. The molecular formula is C14H20N2O6S. The van der Waals surface area contributed by atoms with Crippen molar-refractivity contribution in [2.24, 2.45) is 0 Å².